The van der Waals surface area contributed by atoms with Crippen LogP contribution in [-0.2, 0) is 23.9 Å². The van der Waals surface area contributed by atoms with Crippen molar-refractivity contribution in [3.63, 3.8) is 0 Å². The van der Waals surface area contributed by atoms with Crippen molar-refractivity contribution >= 4 is 47.8 Å². The highest BCUT2D eigenvalue weighted by Gasteiger charge is 2.20. The lowest BCUT2D eigenvalue weighted by Gasteiger charge is -2.00. The van der Waals surface area contributed by atoms with Crippen molar-refractivity contribution in [2.75, 3.05) is 16.3 Å². The van der Waals surface area contributed by atoms with E-state index in [-0.39, 0.29) is 5.88 Å². The molecule has 0 heterocycles. The van der Waals surface area contributed by atoms with E-state index in [0.29, 0.717) is 0 Å². The Kier molecular flexibility index (Phi) is 5.00. The lowest BCUT2D eigenvalue weighted by molar-refractivity contribution is 0.467. The van der Waals surface area contributed by atoms with Gasteiger partial charge in [0.2, 0.25) is 0 Å². The summed E-state index contributed by atoms with van der Waals surface area (Å²) in [5, 5.41) is 0. The van der Waals surface area contributed by atoms with Crippen molar-refractivity contribution < 1.29 is 20.5 Å². The average Bonchev–Trinajstić information content (AvgIpc) is 1.85. The third-order valence-electron chi connectivity index (χ3n) is 0.668. The number of rotatable bonds is 5. The highest BCUT2D eigenvalue weighted by Crippen LogP contribution is 2.05. The van der Waals surface area contributed by atoms with Crippen molar-refractivity contribution in [3.05, 3.63) is 0 Å². The Bertz CT molecular complexity index is 319. The fourth-order valence-corrected chi connectivity index (χ4v) is 3.43. The van der Waals surface area contributed by atoms with E-state index in [1.165, 1.54) is 0 Å². The van der Waals surface area contributed by atoms with Crippen LogP contribution in [0.25, 0.3) is 0 Å². The van der Waals surface area contributed by atoms with E-state index in [1.807, 2.05) is 0 Å². The van der Waals surface area contributed by atoms with Crippen LogP contribution in [0.3, 0.4) is 0 Å². The summed E-state index contributed by atoms with van der Waals surface area (Å²) >= 11 is 7.66. The first-order valence-electron chi connectivity index (χ1n) is 2.61. The number of hydrogen-bond donors (Lipinski definition) is 0. The van der Waals surface area contributed by atoms with Gasteiger partial charge < -0.3 is 0 Å². The molecule has 0 fully saturated rings. The third-order valence-corrected chi connectivity index (χ3v) is 5.39. The molecular weight excluding hydrogens is 296 g/mol. The van der Waals surface area contributed by atoms with E-state index in [2.05, 4.69) is 19.6 Å². The summed E-state index contributed by atoms with van der Waals surface area (Å²) in [7, 11) is -8.08. The van der Waals surface area contributed by atoms with Crippen LogP contribution < -0.4 is 0 Å². The van der Waals surface area contributed by atoms with Crippen molar-refractivity contribution in [2.45, 2.75) is 0 Å². The summed E-state index contributed by atoms with van der Waals surface area (Å²) in [4.78, 5) is 0. The zero-order valence-corrected chi connectivity index (χ0v) is 9.71. The average molecular weight is 302 g/mol. The van der Waals surface area contributed by atoms with Crippen LogP contribution in [-0.4, -0.2) is 33.1 Å². The first kappa shape index (κ1) is 12.6. The maximum absolute atomic E-state index is 10.7. The van der Waals surface area contributed by atoms with Gasteiger partial charge in [0.1, 0.15) is 4.66 Å². The van der Waals surface area contributed by atoms with E-state index in [1.54, 1.807) is 0 Å². The first-order valence-corrected chi connectivity index (χ1v) is 7.42. The largest absolute Gasteiger partial charge is 0.291 e. The fourth-order valence-electron chi connectivity index (χ4n) is 0.305. The van der Waals surface area contributed by atoms with Gasteiger partial charge in [-0.2, -0.15) is 16.8 Å². The second-order valence-corrected chi connectivity index (χ2v) is 6.84. The van der Waals surface area contributed by atoms with Gasteiger partial charge in [-0.25, -0.2) is 0 Å². The molecule has 9 heteroatoms. The molecule has 0 aromatic carbocycles. The summed E-state index contributed by atoms with van der Waals surface area (Å²) in [6.07, 6.45) is 0. The summed E-state index contributed by atoms with van der Waals surface area (Å²) in [6, 6.07) is 0. The van der Waals surface area contributed by atoms with E-state index in [9.17, 15) is 16.8 Å². The van der Waals surface area contributed by atoms with Gasteiger partial charge in [0, 0.05) is 5.88 Å². The number of halogens is 2. The van der Waals surface area contributed by atoms with Gasteiger partial charge in [0.05, 0.1) is 5.75 Å². The highest BCUT2D eigenvalue weighted by molar-refractivity contribution is 9.10. The van der Waals surface area contributed by atoms with E-state index in [0.717, 1.165) is 0 Å². The Hall–Kier alpha value is 0.630. The Morgan fingerprint density at radius 1 is 1.17 bits per heavy atom. The van der Waals surface area contributed by atoms with Gasteiger partial charge in [-0.15, -0.1) is 15.2 Å². The van der Waals surface area contributed by atoms with Crippen LogP contribution in [0.4, 0.5) is 0 Å². The van der Waals surface area contributed by atoms with Gasteiger partial charge >= 0.3 is 0 Å². The molecule has 0 spiro atoms. The van der Waals surface area contributed by atoms with Crippen LogP contribution in [0.1, 0.15) is 0 Å². The maximum Gasteiger partial charge on any atom is 0.291 e. The molecule has 0 aliphatic heterocycles. The topological polar surface area (TPSA) is 77.5 Å². The Balaban J connectivity index is 4.47. The Morgan fingerprint density at radius 3 is 2.00 bits per heavy atom. The second-order valence-electron chi connectivity index (χ2n) is 1.69. The predicted octanol–water partition coefficient (Wildman–Crippen LogP) is 0.254. The van der Waals surface area contributed by atoms with Gasteiger partial charge in [-0.1, -0.05) is 15.9 Å². The summed E-state index contributed by atoms with van der Waals surface area (Å²) in [5.74, 6) is -0.735. The zero-order chi connectivity index (χ0) is 9.83. The fraction of sp³-hybridized carbons (Fsp3) is 1.00. The normalized spacial score (nSPS) is 13.2. The molecule has 5 nitrogen and oxygen atoms in total. The number of alkyl halides is 2. The Labute approximate surface area is 84.4 Å². The summed E-state index contributed by atoms with van der Waals surface area (Å²) < 4.78 is 45.9. The highest BCUT2D eigenvalue weighted by atomic mass is 79.9. The lowest BCUT2D eigenvalue weighted by atomic mass is 11.0. The van der Waals surface area contributed by atoms with Gasteiger partial charge in [0.15, 0.2) is 0 Å². The summed E-state index contributed by atoms with van der Waals surface area (Å²) in [5.41, 5.74) is 0. The van der Waals surface area contributed by atoms with E-state index in [4.69, 9.17) is 11.6 Å². The molecular formula is C3H6BrClO5S2. The van der Waals surface area contributed by atoms with E-state index >= 15 is 0 Å². The molecule has 0 radical (unpaired) electrons. The third kappa shape index (κ3) is 5.31. The van der Waals surface area contributed by atoms with Crippen molar-refractivity contribution in [2.24, 2.45) is 0 Å². The minimum absolute atomic E-state index is 0.208. The molecule has 74 valence electrons. The molecule has 0 aromatic heterocycles. The van der Waals surface area contributed by atoms with Gasteiger partial charge in [0.25, 0.3) is 20.2 Å². The molecule has 0 saturated heterocycles. The molecule has 0 saturated carbocycles. The van der Waals surface area contributed by atoms with Crippen LogP contribution in [0, 0.1) is 0 Å². The molecule has 0 atom stereocenters. The van der Waals surface area contributed by atoms with Crippen molar-refractivity contribution in [1.82, 2.24) is 0 Å². The quantitative estimate of drug-likeness (QED) is 0.680. The first-order chi connectivity index (χ1) is 5.33. The monoisotopic (exact) mass is 300 g/mol. The van der Waals surface area contributed by atoms with Crippen molar-refractivity contribution in [1.29, 1.82) is 0 Å². The molecule has 0 bridgehead atoms. The minimum atomic E-state index is -4.05. The molecule has 0 rings (SSSR count). The van der Waals surface area contributed by atoms with Crippen LogP contribution in [0.2, 0.25) is 0 Å². The maximum atomic E-state index is 10.7. The van der Waals surface area contributed by atoms with Gasteiger partial charge in [-0.05, 0) is 0 Å². The Morgan fingerprint density at radius 2 is 1.67 bits per heavy atom. The van der Waals surface area contributed by atoms with Crippen molar-refractivity contribution in [3.8, 4) is 0 Å². The SMILES string of the molecule is O=S(=O)(CBr)OS(=O)(=O)CCCl. The smallest absolute Gasteiger partial charge is 0.198 e. The minimum Gasteiger partial charge on any atom is -0.198 e. The molecule has 0 amide bonds. The predicted molar refractivity (Wildman–Crippen MR) is 48.3 cm³/mol. The summed E-state index contributed by atoms with van der Waals surface area (Å²) in [6.45, 7) is 0. The van der Waals surface area contributed by atoms with Crippen LogP contribution >= 0.6 is 27.5 Å². The molecule has 0 unspecified atom stereocenters. The molecule has 0 aliphatic carbocycles. The van der Waals surface area contributed by atoms with Crippen LogP contribution in [0.15, 0.2) is 0 Å². The van der Waals surface area contributed by atoms with Crippen LogP contribution in [0.5, 0.6) is 0 Å². The molecule has 0 aliphatic rings. The zero-order valence-electron chi connectivity index (χ0n) is 5.73. The standard InChI is InChI=1S/C3H6BrClO5S2/c4-3-12(8,9)10-11(6,7)2-1-5/h1-3H2. The van der Waals surface area contributed by atoms with Gasteiger partial charge in [-0.3, -0.25) is 0 Å². The lowest BCUT2D eigenvalue weighted by Crippen LogP contribution is -2.17. The molecule has 0 N–H and O–H groups in total. The molecule has 0 aromatic rings. The second kappa shape index (κ2) is 4.75. The van der Waals surface area contributed by atoms with E-state index < -0.39 is 30.7 Å². The number of hydrogen-bond acceptors (Lipinski definition) is 5. The molecule has 12 heavy (non-hydrogen) atoms.